The van der Waals surface area contributed by atoms with Crippen LogP contribution < -0.4 is 0 Å². The van der Waals surface area contributed by atoms with Crippen LogP contribution in [0.3, 0.4) is 0 Å². The number of benzene rings is 1. The highest BCUT2D eigenvalue weighted by atomic mass is 32.1. The second-order valence-electron chi connectivity index (χ2n) is 6.50. The molecule has 5 heteroatoms. The maximum atomic E-state index is 13.3. The number of hydrogen-bond donors (Lipinski definition) is 0. The fourth-order valence-electron chi connectivity index (χ4n) is 3.32. The zero-order chi connectivity index (χ0) is 17.2. The molecule has 128 valence electrons. The van der Waals surface area contributed by atoms with Crippen LogP contribution in [0.5, 0.6) is 0 Å². The number of thiophene rings is 1. The predicted molar refractivity (Wildman–Crippen MR) is 103 cm³/mol. The molecule has 1 saturated heterocycles. The van der Waals surface area contributed by atoms with Crippen molar-refractivity contribution in [1.82, 2.24) is 14.8 Å². The normalized spacial score (nSPS) is 16.1. The van der Waals surface area contributed by atoms with Crippen molar-refractivity contribution in [2.75, 3.05) is 33.2 Å². The van der Waals surface area contributed by atoms with Crippen molar-refractivity contribution < 1.29 is 4.79 Å². The fourth-order valence-corrected chi connectivity index (χ4v) is 4.01. The fraction of sp³-hybridized carbons (Fsp3) is 0.300. The molecular formula is C20H21N3OS. The molecule has 1 aliphatic rings. The van der Waals surface area contributed by atoms with Crippen LogP contribution >= 0.6 is 11.3 Å². The summed E-state index contributed by atoms with van der Waals surface area (Å²) < 4.78 is 0. The molecule has 4 rings (SSSR count). The standard InChI is InChI=1S/C20H21N3OS/c1-22-9-5-10-23(12-11-22)20(24)16-14-18(19-8-4-13-25-19)21-17-7-3-2-6-15(16)17/h2-4,6-8,13-14H,5,9-12H2,1H3. The number of carbonyl (C=O) groups is 1. The molecule has 0 bridgehead atoms. The minimum absolute atomic E-state index is 0.117. The average molecular weight is 351 g/mol. The zero-order valence-electron chi connectivity index (χ0n) is 14.3. The van der Waals surface area contributed by atoms with Crippen LogP contribution in [-0.4, -0.2) is 53.9 Å². The molecule has 0 N–H and O–H groups in total. The minimum atomic E-state index is 0.117. The van der Waals surface area contributed by atoms with E-state index in [0.717, 1.165) is 59.6 Å². The molecule has 1 amide bonds. The molecule has 3 heterocycles. The average Bonchev–Trinajstić information content (AvgIpc) is 3.09. The van der Waals surface area contributed by atoms with Crippen LogP contribution in [0.15, 0.2) is 47.8 Å². The molecule has 4 nitrogen and oxygen atoms in total. The Hall–Kier alpha value is -2.24. The number of likely N-dealkylation sites (N-methyl/N-ethyl adjacent to an activating group) is 1. The highest BCUT2D eigenvalue weighted by Gasteiger charge is 2.22. The predicted octanol–water partition coefficient (Wildman–Crippen LogP) is 3.74. The van der Waals surface area contributed by atoms with Crippen LogP contribution in [-0.2, 0) is 0 Å². The van der Waals surface area contributed by atoms with Gasteiger partial charge in [-0.25, -0.2) is 4.98 Å². The van der Waals surface area contributed by atoms with Gasteiger partial charge in [-0.1, -0.05) is 24.3 Å². The second kappa shape index (κ2) is 6.94. The summed E-state index contributed by atoms with van der Waals surface area (Å²) in [4.78, 5) is 23.4. The van der Waals surface area contributed by atoms with Gasteiger partial charge in [-0.05, 0) is 43.6 Å². The molecular weight excluding hydrogens is 330 g/mol. The summed E-state index contributed by atoms with van der Waals surface area (Å²) in [7, 11) is 2.12. The Bertz CT molecular complexity index is 891. The first-order valence-corrected chi connectivity index (χ1v) is 9.52. The minimum Gasteiger partial charge on any atom is -0.337 e. The molecule has 0 spiro atoms. The Labute approximate surface area is 151 Å². The van der Waals surface area contributed by atoms with Gasteiger partial charge >= 0.3 is 0 Å². The molecule has 0 radical (unpaired) electrons. The number of nitrogens with zero attached hydrogens (tertiary/aromatic N) is 3. The lowest BCUT2D eigenvalue weighted by Crippen LogP contribution is -2.34. The van der Waals surface area contributed by atoms with E-state index in [1.807, 2.05) is 46.7 Å². The van der Waals surface area contributed by atoms with Gasteiger partial charge in [0.15, 0.2) is 0 Å². The van der Waals surface area contributed by atoms with E-state index in [9.17, 15) is 4.79 Å². The van der Waals surface area contributed by atoms with Crippen molar-refractivity contribution in [3.05, 3.63) is 53.4 Å². The molecule has 25 heavy (non-hydrogen) atoms. The molecule has 2 aromatic heterocycles. The summed E-state index contributed by atoms with van der Waals surface area (Å²) in [5.74, 6) is 0.117. The third-order valence-electron chi connectivity index (χ3n) is 4.73. The summed E-state index contributed by atoms with van der Waals surface area (Å²) in [5, 5.41) is 2.98. The second-order valence-corrected chi connectivity index (χ2v) is 7.45. The van der Waals surface area contributed by atoms with Crippen molar-refractivity contribution >= 4 is 28.1 Å². The van der Waals surface area contributed by atoms with Crippen LogP contribution in [0.25, 0.3) is 21.5 Å². The van der Waals surface area contributed by atoms with Crippen LogP contribution in [0.4, 0.5) is 0 Å². The maximum absolute atomic E-state index is 13.3. The van der Waals surface area contributed by atoms with E-state index in [0.29, 0.717) is 0 Å². The summed E-state index contributed by atoms with van der Waals surface area (Å²) in [6.07, 6.45) is 1.02. The highest BCUT2D eigenvalue weighted by Crippen LogP contribution is 2.28. The Kier molecular flexibility index (Phi) is 4.51. The number of amides is 1. The molecule has 3 aromatic rings. The summed E-state index contributed by atoms with van der Waals surface area (Å²) in [6.45, 7) is 3.56. The lowest BCUT2D eigenvalue weighted by molar-refractivity contribution is 0.0765. The monoisotopic (exact) mass is 351 g/mol. The Morgan fingerprint density at radius 1 is 1.08 bits per heavy atom. The summed E-state index contributed by atoms with van der Waals surface area (Å²) >= 11 is 1.65. The molecule has 1 aromatic carbocycles. The SMILES string of the molecule is CN1CCCN(C(=O)c2cc(-c3cccs3)nc3ccccc23)CC1. The summed E-state index contributed by atoms with van der Waals surface area (Å²) in [6, 6.07) is 14.0. The maximum Gasteiger partial charge on any atom is 0.254 e. The van der Waals surface area contributed by atoms with Crippen LogP contribution in [0, 0.1) is 0 Å². The topological polar surface area (TPSA) is 36.4 Å². The first-order chi connectivity index (χ1) is 12.2. The van der Waals surface area contributed by atoms with Crippen molar-refractivity contribution in [1.29, 1.82) is 0 Å². The first-order valence-electron chi connectivity index (χ1n) is 8.64. The van der Waals surface area contributed by atoms with Gasteiger partial charge in [-0.2, -0.15) is 0 Å². The van der Waals surface area contributed by atoms with E-state index in [1.54, 1.807) is 11.3 Å². The third kappa shape index (κ3) is 3.30. The molecule has 0 saturated carbocycles. The highest BCUT2D eigenvalue weighted by molar-refractivity contribution is 7.13. The van der Waals surface area contributed by atoms with E-state index in [-0.39, 0.29) is 5.91 Å². The third-order valence-corrected chi connectivity index (χ3v) is 5.62. The van der Waals surface area contributed by atoms with Gasteiger partial charge in [0.1, 0.15) is 0 Å². The zero-order valence-corrected chi connectivity index (χ0v) is 15.1. The Morgan fingerprint density at radius 2 is 1.96 bits per heavy atom. The number of hydrogen-bond acceptors (Lipinski definition) is 4. The molecule has 1 fully saturated rings. The first kappa shape index (κ1) is 16.2. The van der Waals surface area contributed by atoms with Crippen LogP contribution in [0.1, 0.15) is 16.8 Å². The Balaban J connectivity index is 1.78. The van der Waals surface area contributed by atoms with Crippen molar-refractivity contribution in [2.24, 2.45) is 0 Å². The van der Waals surface area contributed by atoms with Crippen molar-refractivity contribution in [3.8, 4) is 10.6 Å². The Morgan fingerprint density at radius 3 is 2.80 bits per heavy atom. The smallest absolute Gasteiger partial charge is 0.254 e. The van der Waals surface area contributed by atoms with E-state index >= 15 is 0 Å². The van der Waals surface area contributed by atoms with Gasteiger partial charge in [-0.3, -0.25) is 4.79 Å². The number of rotatable bonds is 2. The molecule has 1 aliphatic heterocycles. The van der Waals surface area contributed by atoms with Gasteiger partial charge in [0.05, 0.1) is 21.7 Å². The lowest BCUT2D eigenvalue weighted by Gasteiger charge is -2.21. The number of carbonyl (C=O) groups excluding carboxylic acids is 1. The van der Waals surface area contributed by atoms with Gasteiger partial charge in [0, 0.05) is 25.0 Å². The number of fused-ring (bicyclic) bond motifs is 1. The van der Waals surface area contributed by atoms with E-state index in [1.165, 1.54) is 0 Å². The van der Waals surface area contributed by atoms with Gasteiger partial charge < -0.3 is 9.80 Å². The van der Waals surface area contributed by atoms with Crippen molar-refractivity contribution in [3.63, 3.8) is 0 Å². The van der Waals surface area contributed by atoms with E-state index < -0.39 is 0 Å². The van der Waals surface area contributed by atoms with Crippen molar-refractivity contribution in [2.45, 2.75) is 6.42 Å². The molecule has 0 aliphatic carbocycles. The number of aromatic nitrogens is 1. The lowest BCUT2D eigenvalue weighted by atomic mass is 10.1. The van der Waals surface area contributed by atoms with E-state index in [2.05, 4.69) is 18.0 Å². The largest absolute Gasteiger partial charge is 0.337 e. The molecule has 0 unspecified atom stereocenters. The van der Waals surface area contributed by atoms with Gasteiger partial charge in [0.25, 0.3) is 5.91 Å². The van der Waals surface area contributed by atoms with Gasteiger partial charge in [0.2, 0.25) is 0 Å². The number of para-hydroxylation sites is 1. The van der Waals surface area contributed by atoms with Gasteiger partial charge in [-0.15, -0.1) is 11.3 Å². The quantitative estimate of drug-likeness (QED) is 0.706. The summed E-state index contributed by atoms with van der Waals surface area (Å²) in [5.41, 5.74) is 2.52. The van der Waals surface area contributed by atoms with E-state index in [4.69, 9.17) is 4.98 Å². The number of pyridine rings is 1. The molecule has 0 atom stereocenters. The van der Waals surface area contributed by atoms with Crippen LogP contribution in [0.2, 0.25) is 0 Å².